The Balaban J connectivity index is 2.38. The minimum atomic E-state index is -0.674. The summed E-state index contributed by atoms with van der Waals surface area (Å²) in [6.07, 6.45) is 0. The monoisotopic (exact) mass is 245 g/mol. The highest BCUT2D eigenvalue weighted by atomic mass is 16.2. The molecule has 2 aromatic rings. The number of hydrogen-bond donors (Lipinski definition) is 3. The summed E-state index contributed by atoms with van der Waals surface area (Å²) >= 11 is 0. The number of nitrogens with zero attached hydrogens (tertiary/aromatic N) is 2. The maximum Gasteiger partial charge on any atom is 0.327 e. The lowest BCUT2D eigenvalue weighted by molar-refractivity contribution is 1.03. The number of benzene rings is 1. The molecule has 0 spiro atoms. The molecule has 0 fully saturated rings. The Morgan fingerprint density at radius 1 is 1.06 bits per heavy atom. The van der Waals surface area contributed by atoms with Crippen molar-refractivity contribution in [1.82, 2.24) is 9.97 Å². The molecule has 0 aliphatic rings. The molecule has 0 radical (unpaired) electrons. The summed E-state index contributed by atoms with van der Waals surface area (Å²) in [6, 6.07) is 7.26. The minimum absolute atomic E-state index is 0.111. The second-order valence-electron chi connectivity index (χ2n) is 3.71. The molecule has 0 saturated heterocycles. The average molecular weight is 245 g/mol. The average Bonchev–Trinajstić information content (AvgIpc) is 2.30. The standard InChI is InChI=1S/C11H11N5O2/c1-6-2-4-7(5-3-6)15-16-8-9(12)13-11(18)14-10(8)17/h2-5H,1H3,(H4,12,13,14,17,18). The van der Waals surface area contributed by atoms with Gasteiger partial charge in [0.2, 0.25) is 0 Å². The molecule has 1 aromatic heterocycles. The van der Waals surface area contributed by atoms with E-state index in [0.717, 1.165) is 5.56 Å². The summed E-state index contributed by atoms with van der Waals surface area (Å²) in [6.45, 7) is 1.95. The first kappa shape index (κ1) is 11.8. The van der Waals surface area contributed by atoms with E-state index in [0.29, 0.717) is 5.69 Å². The fourth-order valence-corrected chi connectivity index (χ4v) is 1.32. The Hall–Kier alpha value is -2.70. The predicted molar refractivity (Wildman–Crippen MR) is 67.5 cm³/mol. The van der Waals surface area contributed by atoms with Gasteiger partial charge in [-0.1, -0.05) is 17.7 Å². The SMILES string of the molecule is Cc1ccc(N=Nc2c(N)[nH]c(=O)[nH]c2=O)cc1. The highest BCUT2D eigenvalue weighted by Gasteiger charge is 2.04. The third kappa shape index (κ3) is 2.51. The Labute approximate surface area is 101 Å². The van der Waals surface area contributed by atoms with Crippen LogP contribution in [0.4, 0.5) is 17.2 Å². The van der Waals surface area contributed by atoms with Crippen molar-refractivity contribution >= 4 is 17.2 Å². The maximum atomic E-state index is 11.4. The summed E-state index contributed by atoms with van der Waals surface area (Å²) in [5.74, 6) is -0.111. The van der Waals surface area contributed by atoms with Crippen molar-refractivity contribution in [1.29, 1.82) is 0 Å². The van der Waals surface area contributed by atoms with Gasteiger partial charge in [-0.05, 0) is 19.1 Å². The molecule has 0 amide bonds. The number of azo groups is 1. The van der Waals surface area contributed by atoms with Gasteiger partial charge in [0, 0.05) is 0 Å². The number of rotatable bonds is 2. The summed E-state index contributed by atoms with van der Waals surface area (Å²) in [5.41, 5.74) is 5.70. The van der Waals surface area contributed by atoms with Crippen LogP contribution in [0.15, 0.2) is 44.1 Å². The summed E-state index contributed by atoms with van der Waals surface area (Å²) in [7, 11) is 0. The Bertz CT molecular complexity index is 697. The molecule has 7 heteroatoms. The molecule has 0 unspecified atom stereocenters. The van der Waals surface area contributed by atoms with Crippen LogP contribution in [-0.4, -0.2) is 9.97 Å². The van der Waals surface area contributed by atoms with E-state index in [1.54, 1.807) is 12.1 Å². The fourth-order valence-electron chi connectivity index (χ4n) is 1.32. The molecule has 0 aliphatic heterocycles. The van der Waals surface area contributed by atoms with E-state index in [4.69, 9.17) is 5.73 Å². The van der Waals surface area contributed by atoms with Gasteiger partial charge in [-0.25, -0.2) is 4.79 Å². The Morgan fingerprint density at radius 3 is 2.33 bits per heavy atom. The number of hydrogen-bond acceptors (Lipinski definition) is 5. The lowest BCUT2D eigenvalue weighted by Crippen LogP contribution is -2.23. The quantitative estimate of drug-likeness (QED) is 0.693. The van der Waals surface area contributed by atoms with E-state index >= 15 is 0 Å². The van der Waals surface area contributed by atoms with Crippen molar-refractivity contribution in [3.63, 3.8) is 0 Å². The van der Waals surface area contributed by atoms with Crippen LogP contribution in [0.25, 0.3) is 0 Å². The molecule has 18 heavy (non-hydrogen) atoms. The van der Waals surface area contributed by atoms with Crippen molar-refractivity contribution in [2.45, 2.75) is 6.92 Å². The molecular weight excluding hydrogens is 234 g/mol. The lowest BCUT2D eigenvalue weighted by atomic mass is 10.2. The topological polar surface area (TPSA) is 116 Å². The van der Waals surface area contributed by atoms with E-state index in [1.165, 1.54) is 0 Å². The first-order valence-corrected chi connectivity index (χ1v) is 5.17. The molecular formula is C11H11N5O2. The van der Waals surface area contributed by atoms with E-state index in [9.17, 15) is 9.59 Å². The number of aryl methyl sites for hydroxylation is 1. The zero-order chi connectivity index (χ0) is 13.1. The number of nitrogens with one attached hydrogen (secondary N) is 2. The molecule has 1 heterocycles. The van der Waals surface area contributed by atoms with Crippen LogP contribution >= 0.6 is 0 Å². The molecule has 0 aliphatic carbocycles. The van der Waals surface area contributed by atoms with E-state index in [1.807, 2.05) is 24.0 Å². The maximum absolute atomic E-state index is 11.4. The third-order valence-electron chi connectivity index (χ3n) is 2.24. The third-order valence-corrected chi connectivity index (χ3v) is 2.24. The van der Waals surface area contributed by atoms with Crippen LogP contribution in [0.1, 0.15) is 5.56 Å². The molecule has 4 N–H and O–H groups in total. The van der Waals surface area contributed by atoms with Gasteiger partial charge in [0.1, 0.15) is 5.82 Å². The zero-order valence-corrected chi connectivity index (χ0v) is 9.60. The summed E-state index contributed by atoms with van der Waals surface area (Å²) in [5, 5.41) is 7.60. The number of aromatic nitrogens is 2. The summed E-state index contributed by atoms with van der Waals surface area (Å²) < 4.78 is 0. The number of anilines is 1. The van der Waals surface area contributed by atoms with Gasteiger partial charge in [-0.3, -0.25) is 14.8 Å². The van der Waals surface area contributed by atoms with Gasteiger partial charge in [0.15, 0.2) is 5.69 Å². The first-order chi connectivity index (χ1) is 8.56. The van der Waals surface area contributed by atoms with E-state index < -0.39 is 11.2 Å². The second-order valence-corrected chi connectivity index (χ2v) is 3.71. The smallest absolute Gasteiger partial charge is 0.327 e. The first-order valence-electron chi connectivity index (χ1n) is 5.17. The van der Waals surface area contributed by atoms with Gasteiger partial charge in [0.25, 0.3) is 5.56 Å². The van der Waals surface area contributed by atoms with Crippen LogP contribution in [0.5, 0.6) is 0 Å². The summed E-state index contributed by atoms with van der Waals surface area (Å²) in [4.78, 5) is 26.6. The lowest BCUT2D eigenvalue weighted by Gasteiger charge is -1.96. The number of nitrogen functional groups attached to an aromatic ring is 1. The van der Waals surface area contributed by atoms with Gasteiger partial charge in [0.05, 0.1) is 5.69 Å². The van der Waals surface area contributed by atoms with Crippen LogP contribution < -0.4 is 17.0 Å². The van der Waals surface area contributed by atoms with Crippen LogP contribution in [0.2, 0.25) is 0 Å². The molecule has 92 valence electrons. The molecule has 0 saturated carbocycles. The van der Waals surface area contributed by atoms with Crippen molar-refractivity contribution in [2.24, 2.45) is 10.2 Å². The number of nitrogens with two attached hydrogens (primary N) is 1. The number of aromatic amines is 2. The fraction of sp³-hybridized carbons (Fsp3) is 0.0909. The zero-order valence-electron chi connectivity index (χ0n) is 9.60. The highest BCUT2D eigenvalue weighted by molar-refractivity contribution is 5.54. The molecule has 0 bridgehead atoms. The van der Waals surface area contributed by atoms with Gasteiger partial charge >= 0.3 is 5.69 Å². The Morgan fingerprint density at radius 2 is 1.72 bits per heavy atom. The van der Waals surface area contributed by atoms with Crippen LogP contribution in [-0.2, 0) is 0 Å². The molecule has 7 nitrogen and oxygen atoms in total. The molecule has 2 rings (SSSR count). The Kier molecular flexibility index (Phi) is 3.05. The van der Waals surface area contributed by atoms with Gasteiger partial charge in [-0.15, -0.1) is 5.11 Å². The molecule has 1 aromatic carbocycles. The second kappa shape index (κ2) is 4.66. The van der Waals surface area contributed by atoms with E-state index in [2.05, 4.69) is 15.2 Å². The normalized spacial score (nSPS) is 10.9. The van der Waals surface area contributed by atoms with Crippen molar-refractivity contribution < 1.29 is 0 Å². The molecule has 0 atom stereocenters. The van der Waals surface area contributed by atoms with Crippen molar-refractivity contribution in [3.8, 4) is 0 Å². The van der Waals surface area contributed by atoms with Crippen molar-refractivity contribution in [2.75, 3.05) is 5.73 Å². The largest absolute Gasteiger partial charge is 0.383 e. The predicted octanol–water partition coefficient (Wildman–Crippen LogP) is 1.37. The van der Waals surface area contributed by atoms with Crippen LogP contribution in [0.3, 0.4) is 0 Å². The van der Waals surface area contributed by atoms with E-state index in [-0.39, 0.29) is 11.5 Å². The van der Waals surface area contributed by atoms with Gasteiger partial charge < -0.3 is 5.73 Å². The van der Waals surface area contributed by atoms with Gasteiger partial charge in [-0.2, -0.15) is 5.11 Å². The number of H-pyrrole nitrogens is 2. The highest BCUT2D eigenvalue weighted by Crippen LogP contribution is 2.18. The van der Waals surface area contributed by atoms with Crippen molar-refractivity contribution in [3.05, 3.63) is 50.7 Å². The minimum Gasteiger partial charge on any atom is -0.383 e. The van der Waals surface area contributed by atoms with Crippen LogP contribution in [0, 0.1) is 6.92 Å².